The van der Waals surface area contributed by atoms with Gasteiger partial charge in [0, 0.05) is 44.8 Å². The van der Waals surface area contributed by atoms with Gasteiger partial charge in [-0.2, -0.15) is 0 Å². The minimum atomic E-state index is -0.754. The van der Waals surface area contributed by atoms with Crippen molar-refractivity contribution in [2.75, 3.05) is 9.80 Å². The first-order chi connectivity index (χ1) is 36.8. The molecule has 0 bridgehead atoms. The first-order valence-electron chi connectivity index (χ1n) is 26.3. The maximum atomic E-state index is 9.34. The number of fused-ring (bicyclic) bond motifs is 13. The number of para-hydroxylation sites is 5. The molecule has 0 saturated heterocycles. The lowest BCUT2D eigenvalue weighted by atomic mass is 9.70. The molecule has 12 aromatic rings. The smallest absolute Gasteiger partial charge is 0.0727 e. The van der Waals surface area contributed by atoms with Gasteiger partial charge >= 0.3 is 0 Å². The second-order valence-corrected chi connectivity index (χ2v) is 18.0. The van der Waals surface area contributed by atoms with E-state index in [-0.39, 0.29) is 29.7 Å². The molecule has 14 rings (SSSR count). The van der Waals surface area contributed by atoms with Crippen LogP contribution in [0.3, 0.4) is 0 Å². The van der Waals surface area contributed by atoms with Crippen molar-refractivity contribution in [3.8, 4) is 39.1 Å². The van der Waals surface area contributed by atoms with Crippen LogP contribution in [-0.2, 0) is 5.41 Å². The molecular weight excluding hydrogens is 847 g/mol. The number of aromatic nitrogens is 1. The van der Waals surface area contributed by atoms with Crippen LogP contribution in [0.25, 0.3) is 60.9 Å². The Bertz CT molecular complexity index is 4190. The monoisotopic (exact) mass is 896 g/mol. The molecule has 1 atom stereocenters. The molecule has 70 heavy (non-hydrogen) atoms. The van der Waals surface area contributed by atoms with Crippen LogP contribution in [0.1, 0.15) is 29.1 Å². The van der Waals surface area contributed by atoms with Crippen molar-refractivity contribution in [1.82, 2.24) is 4.57 Å². The summed E-state index contributed by atoms with van der Waals surface area (Å²) in [5.41, 5.74) is 17.9. The van der Waals surface area contributed by atoms with Crippen LogP contribution in [-0.4, -0.2) is 4.57 Å². The molecule has 0 saturated carbocycles. The van der Waals surface area contributed by atoms with Gasteiger partial charge in [0.1, 0.15) is 0 Å². The quantitative estimate of drug-likeness (QED) is 0.151. The second-order valence-electron chi connectivity index (χ2n) is 18.0. The van der Waals surface area contributed by atoms with Crippen LogP contribution >= 0.6 is 0 Å². The SMILES string of the molecule is [2H]c1c([2H])c([2H])c(-c2ccccc2N(c2ccc3c(c2)C2(c4ccccc4-c4ccc(N(c5ccccc5)c5ccccc5)cc42)c2ccccc2-3)c2cccc3c2c2ccccc2n3-c2ccccc2)c([2H])c1[2H]. The van der Waals surface area contributed by atoms with Crippen molar-refractivity contribution >= 4 is 55.9 Å². The summed E-state index contributed by atoms with van der Waals surface area (Å²) >= 11 is 0. The number of anilines is 6. The predicted molar refractivity (Wildman–Crippen MR) is 292 cm³/mol. The summed E-state index contributed by atoms with van der Waals surface area (Å²) < 4.78 is 47.2. The molecule has 0 fully saturated rings. The highest BCUT2D eigenvalue weighted by Crippen LogP contribution is 2.64. The molecule has 2 aliphatic carbocycles. The number of benzene rings is 11. The van der Waals surface area contributed by atoms with Crippen molar-refractivity contribution in [1.29, 1.82) is 0 Å². The van der Waals surface area contributed by atoms with Gasteiger partial charge in [0.25, 0.3) is 0 Å². The van der Waals surface area contributed by atoms with Gasteiger partial charge in [-0.1, -0.05) is 188 Å². The van der Waals surface area contributed by atoms with Crippen LogP contribution < -0.4 is 9.80 Å². The zero-order chi connectivity index (χ0) is 50.5. The first-order valence-corrected chi connectivity index (χ1v) is 23.8. The number of rotatable bonds is 8. The Morgan fingerprint density at radius 2 is 0.829 bits per heavy atom. The van der Waals surface area contributed by atoms with Gasteiger partial charge in [-0.3, -0.25) is 0 Å². The number of nitrogens with zero attached hydrogens (tertiary/aromatic N) is 3. The summed E-state index contributed by atoms with van der Waals surface area (Å²) in [6.07, 6.45) is 0. The molecule has 11 aromatic carbocycles. The Hall–Kier alpha value is -9.18. The van der Waals surface area contributed by atoms with E-state index in [0.29, 0.717) is 11.3 Å². The molecule has 0 aliphatic heterocycles. The lowest BCUT2D eigenvalue weighted by molar-refractivity contribution is 0.793. The molecule has 0 amide bonds. The van der Waals surface area contributed by atoms with Gasteiger partial charge in [-0.25, -0.2) is 0 Å². The van der Waals surface area contributed by atoms with Crippen molar-refractivity contribution in [3.63, 3.8) is 0 Å². The predicted octanol–water partition coefficient (Wildman–Crippen LogP) is 17.7. The van der Waals surface area contributed by atoms with Crippen LogP contribution in [0.4, 0.5) is 34.1 Å². The Kier molecular flexibility index (Phi) is 8.00. The van der Waals surface area contributed by atoms with Crippen molar-refractivity contribution in [2.45, 2.75) is 5.41 Å². The molecule has 0 N–H and O–H groups in total. The summed E-state index contributed by atoms with van der Waals surface area (Å²) in [5, 5.41) is 2.06. The van der Waals surface area contributed by atoms with E-state index in [9.17, 15) is 2.74 Å². The molecule has 0 radical (unpaired) electrons. The standard InChI is InChI=1S/C67H45N3/c1-5-22-46(23-6-1)52-30-15-19-36-62(52)70(65-39-21-38-64-66(65)57-33-16-20-37-63(57)69(64)49-28-11-4-12-29-49)51-41-43-56-54-32-14-18-35-59(54)67(61(56)45-51)58-34-17-13-31-53(58)55-42-40-50(44-60(55)67)68(47-24-7-2-8-25-47)48-26-9-3-10-27-48/h1-45H/i1D,5D,6D,22D,23D. The van der Waals surface area contributed by atoms with E-state index in [0.717, 1.165) is 72.6 Å². The summed E-state index contributed by atoms with van der Waals surface area (Å²) in [7, 11) is 0. The van der Waals surface area contributed by atoms with E-state index in [1.807, 2.05) is 30.3 Å². The fourth-order valence-corrected chi connectivity index (χ4v) is 11.7. The van der Waals surface area contributed by atoms with Gasteiger partial charge < -0.3 is 14.4 Å². The molecule has 1 aromatic heterocycles. The van der Waals surface area contributed by atoms with E-state index < -0.39 is 11.5 Å². The summed E-state index contributed by atoms with van der Waals surface area (Å²) in [6, 6.07) is 83.8. The van der Waals surface area contributed by atoms with Gasteiger partial charge in [-0.05, 0) is 135 Å². The van der Waals surface area contributed by atoms with E-state index in [1.165, 1.54) is 27.8 Å². The summed E-state index contributed by atoms with van der Waals surface area (Å²) in [4.78, 5) is 4.58. The molecule has 1 unspecified atom stereocenters. The topological polar surface area (TPSA) is 11.4 Å². The maximum absolute atomic E-state index is 9.34. The van der Waals surface area contributed by atoms with Crippen LogP contribution in [0.15, 0.2) is 273 Å². The van der Waals surface area contributed by atoms with E-state index in [1.54, 1.807) is 0 Å². The van der Waals surface area contributed by atoms with E-state index in [4.69, 9.17) is 4.11 Å². The molecule has 2 aliphatic rings. The highest BCUT2D eigenvalue weighted by Gasteiger charge is 2.52. The first kappa shape index (κ1) is 35.0. The lowest BCUT2D eigenvalue weighted by Crippen LogP contribution is -2.26. The largest absolute Gasteiger partial charge is 0.310 e. The molecule has 1 spiro atoms. The minimum absolute atomic E-state index is 0.137. The third-order valence-electron chi connectivity index (χ3n) is 14.4. The molecule has 3 heteroatoms. The Morgan fingerprint density at radius 1 is 0.343 bits per heavy atom. The average molecular weight is 897 g/mol. The van der Waals surface area contributed by atoms with E-state index >= 15 is 0 Å². The normalized spacial score (nSPS) is 15.1. The Labute approximate surface area is 415 Å². The van der Waals surface area contributed by atoms with Crippen molar-refractivity contribution in [3.05, 3.63) is 295 Å². The highest BCUT2D eigenvalue weighted by atomic mass is 15.2. The molecule has 328 valence electrons. The Balaban J connectivity index is 1.08. The van der Waals surface area contributed by atoms with Crippen molar-refractivity contribution in [2.24, 2.45) is 0 Å². The lowest BCUT2D eigenvalue weighted by Gasteiger charge is -2.34. The third-order valence-corrected chi connectivity index (χ3v) is 14.4. The van der Waals surface area contributed by atoms with E-state index in [2.05, 4.69) is 227 Å². The van der Waals surface area contributed by atoms with Gasteiger partial charge in [-0.15, -0.1) is 0 Å². The molecular formula is C67H45N3. The second kappa shape index (κ2) is 16.0. The van der Waals surface area contributed by atoms with Gasteiger partial charge in [0.2, 0.25) is 0 Å². The zero-order valence-electron chi connectivity index (χ0n) is 42.9. The van der Waals surface area contributed by atoms with Gasteiger partial charge in [0.15, 0.2) is 0 Å². The fourth-order valence-electron chi connectivity index (χ4n) is 11.7. The molecule has 1 heterocycles. The highest BCUT2D eigenvalue weighted by molar-refractivity contribution is 6.17. The molecule has 3 nitrogen and oxygen atoms in total. The van der Waals surface area contributed by atoms with Crippen LogP contribution in [0.5, 0.6) is 0 Å². The number of hydrogen-bond donors (Lipinski definition) is 0. The summed E-state index contributed by atoms with van der Waals surface area (Å²) in [6.45, 7) is 0. The fraction of sp³-hybridized carbons (Fsp3) is 0.0149. The number of hydrogen-bond acceptors (Lipinski definition) is 2. The minimum Gasteiger partial charge on any atom is -0.310 e. The Morgan fingerprint density at radius 3 is 1.47 bits per heavy atom. The third kappa shape index (κ3) is 5.88. The zero-order valence-corrected chi connectivity index (χ0v) is 37.9. The van der Waals surface area contributed by atoms with Crippen LogP contribution in [0.2, 0.25) is 0 Å². The average Bonchev–Trinajstić information content (AvgIpc) is 4.28. The summed E-state index contributed by atoms with van der Waals surface area (Å²) in [5.74, 6) is 0. The van der Waals surface area contributed by atoms with Gasteiger partial charge in [0.05, 0.1) is 34.7 Å². The van der Waals surface area contributed by atoms with Crippen molar-refractivity contribution < 1.29 is 6.85 Å². The maximum Gasteiger partial charge on any atom is 0.0727 e. The van der Waals surface area contributed by atoms with Crippen LogP contribution in [0, 0.1) is 0 Å².